The molecule has 0 aliphatic carbocycles. The molecule has 1 aromatic carbocycles. The lowest BCUT2D eigenvalue weighted by Gasteiger charge is -2.30. The number of amides is 2. The van der Waals surface area contributed by atoms with E-state index in [4.69, 9.17) is 9.47 Å². The fourth-order valence-corrected chi connectivity index (χ4v) is 3.19. The van der Waals surface area contributed by atoms with E-state index in [9.17, 15) is 9.59 Å². The Morgan fingerprint density at radius 3 is 2.82 bits per heavy atom. The normalized spacial score (nSPS) is 23.8. The number of hydrogen-bond acceptors (Lipinski definition) is 5. The van der Waals surface area contributed by atoms with E-state index in [0.717, 1.165) is 13.0 Å². The van der Waals surface area contributed by atoms with E-state index in [1.54, 1.807) is 37.3 Å². The summed E-state index contributed by atoms with van der Waals surface area (Å²) in [5.74, 6) is 0.531. The van der Waals surface area contributed by atoms with Gasteiger partial charge in [-0.1, -0.05) is 13.8 Å². The molecular formula is C21H33N3O4. The number of rotatable bonds is 4. The lowest BCUT2D eigenvalue weighted by molar-refractivity contribution is -0.116. The van der Waals surface area contributed by atoms with Gasteiger partial charge in [-0.2, -0.15) is 0 Å². The lowest BCUT2D eigenvalue weighted by atomic mass is 10.0. The zero-order chi connectivity index (χ0) is 20.7. The smallest absolute Gasteiger partial charge is 0.257 e. The molecule has 28 heavy (non-hydrogen) atoms. The molecule has 0 unspecified atom stereocenters. The first-order chi connectivity index (χ1) is 13.3. The van der Waals surface area contributed by atoms with Crippen molar-refractivity contribution in [2.75, 3.05) is 39.2 Å². The van der Waals surface area contributed by atoms with Gasteiger partial charge in [-0.15, -0.1) is 0 Å². The first-order valence-corrected chi connectivity index (χ1v) is 9.94. The highest BCUT2D eigenvalue weighted by atomic mass is 16.5. The zero-order valence-corrected chi connectivity index (χ0v) is 17.6. The molecule has 1 heterocycles. The second kappa shape index (κ2) is 10.4. The summed E-state index contributed by atoms with van der Waals surface area (Å²) in [6, 6.07) is 5.34. The topological polar surface area (TPSA) is 79.9 Å². The first-order valence-electron chi connectivity index (χ1n) is 9.94. The van der Waals surface area contributed by atoms with Gasteiger partial charge in [0.25, 0.3) is 5.91 Å². The number of nitrogens with zero attached hydrogens (tertiary/aromatic N) is 1. The molecule has 0 spiro atoms. The van der Waals surface area contributed by atoms with Crippen LogP contribution in [-0.2, 0) is 9.53 Å². The molecule has 7 nitrogen and oxygen atoms in total. The van der Waals surface area contributed by atoms with Gasteiger partial charge in [0.15, 0.2) is 0 Å². The Bertz CT molecular complexity index is 680. The maximum absolute atomic E-state index is 13.1. The largest absolute Gasteiger partial charge is 0.491 e. The minimum atomic E-state index is -0.156. The van der Waals surface area contributed by atoms with Gasteiger partial charge >= 0.3 is 0 Å². The lowest BCUT2D eigenvalue weighted by Crippen LogP contribution is -2.44. The number of benzene rings is 1. The van der Waals surface area contributed by atoms with Crippen molar-refractivity contribution in [1.29, 1.82) is 0 Å². The van der Waals surface area contributed by atoms with Crippen LogP contribution in [0.2, 0.25) is 0 Å². The molecule has 3 atom stereocenters. The van der Waals surface area contributed by atoms with Gasteiger partial charge in [0.05, 0.1) is 11.7 Å². The van der Waals surface area contributed by atoms with Crippen molar-refractivity contribution in [1.82, 2.24) is 10.2 Å². The molecular weight excluding hydrogens is 358 g/mol. The third-order valence-corrected chi connectivity index (χ3v) is 4.99. The van der Waals surface area contributed by atoms with E-state index in [1.165, 1.54) is 0 Å². The fraction of sp³-hybridized carbons (Fsp3) is 0.619. The van der Waals surface area contributed by atoms with Crippen LogP contribution in [0.5, 0.6) is 5.75 Å². The highest BCUT2D eigenvalue weighted by molar-refractivity contribution is 5.99. The standard InChI is InChI=1S/C21H33N3O4/c1-6-7-20(25)23-16-8-9-18-17(10-16)21(26)24(4)12-19(27-5)14(2)11-22-15(3)13-28-18/h8-10,14-15,19,22H,6-7,11-13H2,1-5H3,(H,23,25)/t14-,15-,19+/m0/s1. The summed E-state index contributed by atoms with van der Waals surface area (Å²) in [5, 5.41) is 6.31. The second-order valence-corrected chi connectivity index (χ2v) is 7.57. The Morgan fingerprint density at radius 1 is 1.39 bits per heavy atom. The molecule has 1 aliphatic rings. The number of carbonyl (C=O) groups is 2. The Hall–Kier alpha value is -2.12. The third-order valence-electron chi connectivity index (χ3n) is 4.99. The molecule has 2 rings (SSSR count). The van der Waals surface area contributed by atoms with Gasteiger partial charge in [0.2, 0.25) is 5.91 Å². The molecule has 0 radical (unpaired) electrons. The van der Waals surface area contributed by atoms with Crippen LogP contribution in [0, 0.1) is 5.92 Å². The van der Waals surface area contributed by atoms with Crippen LogP contribution >= 0.6 is 0 Å². The summed E-state index contributed by atoms with van der Waals surface area (Å²) in [6.07, 6.45) is 1.13. The predicted octanol–water partition coefficient (Wildman–Crippen LogP) is 2.52. The first kappa shape index (κ1) is 22.2. The highest BCUT2D eigenvalue weighted by Gasteiger charge is 2.25. The van der Waals surface area contributed by atoms with Crippen molar-refractivity contribution >= 4 is 17.5 Å². The molecule has 1 aliphatic heterocycles. The zero-order valence-electron chi connectivity index (χ0n) is 17.6. The van der Waals surface area contributed by atoms with E-state index in [0.29, 0.717) is 36.6 Å². The number of ether oxygens (including phenoxy) is 2. The van der Waals surface area contributed by atoms with E-state index < -0.39 is 0 Å². The number of anilines is 1. The number of methoxy groups -OCH3 is 1. The SMILES string of the molecule is CCCC(=O)Nc1ccc2c(c1)C(=O)N(C)C[C@@H](OC)[C@@H](C)CN[C@@H](C)CO2. The summed E-state index contributed by atoms with van der Waals surface area (Å²) < 4.78 is 11.6. The molecule has 0 saturated carbocycles. The third kappa shape index (κ3) is 5.94. The molecule has 0 bridgehead atoms. The van der Waals surface area contributed by atoms with Gasteiger partial charge in [-0.3, -0.25) is 9.59 Å². The van der Waals surface area contributed by atoms with Crippen LogP contribution in [0.1, 0.15) is 44.0 Å². The Balaban J connectivity index is 2.33. The minimum absolute atomic E-state index is 0.0663. The maximum Gasteiger partial charge on any atom is 0.257 e. The number of carbonyl (C=O) groups excluding carboxylic acids is 2. The van der Waals surface area contributed by atoms with Crippen molar-refractivity contribution in [2.45, 2.75) is 45.8 Å². The molecule has 0 aromatic heterocycles. The van der Waals surface area contributed by atoms with Crippen LogP contribution < -0.4 is 15.4 Å². The van der Waals surface area contributed by atoms with Crippen molar-refractivity contribution in [3.63, 3.8) is 0 Å². The molecule has 2 amide bonds. The van der Waals surface area contributed by atoms with Crippen LogP contribution in [0.3, 0.4) is 0 Å². The fourth-order valence-electron chi connectivity index (χ4n) is 3.19. The number of fused-ring (bicyclic) bond motifs is 1. The maximum atomic E-state index is 13.1. The molecule has 0 fully saturated rings. The van der Waals surface area contributed by atoms with E-state index in [-0.39, 0.29) is 29.9 Å². The Morgan fingerprint density at radius 2 is 2.14 bits per heavy atom. The molecule has 1 aromatic rings. The van der Waals surface area contributed by atoms with E-state index in [1.807, 2.05) is 13.8 Å². The quantitative estimate of drug-likeness (QED) is 0.824. The van der Waals surface area contributed by atoms with Gasteiger partial charge < -0.3 is 25.0 Å². The molecule has 2 N–H and O–H groups in total. The van der Waals surface area contributed by atoms with Crippen molar-refractivity contribution in [2.24, 2.45) is 5.92 Å². The van der Waals surface area contributed by atoms with Crippen LogP contribution in [-0.4, -0.2) is 62.7 Å². The van der Waals surface area contributed by atoms with E-state index in [2.05, 4.69) is 17.6 Å². The van der Waals surface area contributed by atoms with Crippen LogP contribution in [0.15, 0.2) is 18.2 Å². The average molecular weight is 392 g/mol. The molecule has 0 saturated heterocycles. The van der Waals surface area contributed by atoms with Crippen LogP contribution in [0.4, 0.5) is 5.69 Å². The summed E-state index contributed by atoms with van der Waals surface area (Å²) in [6.45, 7) is 7.79. The van der Waals surface area contributed by atoms with Crippen molar-refractivity contribution in [3.05, 3.63) is 23.8 Å². The summed E-state index contributed by atoms with van der Waals surface area (Å²) in [4.78, 5) is 26.7. The minimum Gasteiger partial charge on any atom is -0.491 e. The van der Waals surface area contributed by atoms with Gasteiger partial charge in [0.1, 0.15) is 12.4 Å². The monoisotopic (exact) mass is 391 g/mol. The number of likely N-dealkylation sites (N-methyl/N-ethyl adjacent to an activating group) is 1. The highest BCUT2D eigenvalue weighted by Crippen LogP contribution is 2.25. The van der Waals surface area contributed by atoms with Gasteiger partial charge in [-0.05, 0) is 37.5 Å². The molecule has 7 heteroatoms. The predicted molar refractivity (Wildman–Crippen MR) is 110 cm³/mol. The number of hydrogen-bond donors (Lipinski definition) is 2. The van der Waals surface area contributed by atoms with E-state index >= 15 is 0 Å². The van der Waals surface area contributed by atoms with Gasteiger partial charge in [-0.25, -0.2) is 0 Å². The summed E-state index contributed by atoms with van der Waals surface area (Å²) in [7, 11) is 3.43. The van der Waals surface area contributed by atoms with Crippen LogP contribution in [0.25, 0.3) is 0 Å². The number of nitrogens with one attached hydrogen (secondary N) is 2. The van der Waals surface area contributed by atoms with Gasteiger partial charge in [0, 0.05) is 45.4 Å². The van der Waals surface area contributed by atoms with Crippen molar-refractivity contribution in [3.8, 4) is 5.75 Å². The summed E-state index contributed by atoms with van der Waals surface area (Å²) in [5.41, 5.74) is 1.03. The average Bonchev–Trinajstić information content (AvgIpc) is 2.67. The van der Waals surface area contributed by atoms with Crippen molar-refractivity contribution < 1.29 is 19.1 Å². The summed E-state index contributed by atoms with van der Waals surface area (Å²) >= 11 is 0. The molecule has 156 valence electrons. The Labute approximate surface area is 167 Å². The Kier molecular flexibility index (Phi) is 8.26. The second-order valence-electron chi connectivity index (χ2n) is 7.57.